The van der Waals surface area contributed by atoms with Crippen LogP contribution < -0.4 is 4.72 Å². The summed E-state index contributed by atoms with van der Waals surface area (Å²) in [5.41, 5.74) is 0.129. The van der Waals surface area contributed by atoms with E-state index in [9.17, 15) is 13.2 Å². The van der Waals surface area contributed by atoms with Crippen molar-refractivity contribution >= 4 is 60.5 Å². The molecule has 0 aliphatic carbocycles. The van der Waals surface area contributed by atoms with Crippen LogP contribution in [-0.4, -0.2) is 19.5 Å². The van der Waals surface area contributed by atoms with Crippen molar-refractivity contribution in [1.82, 2.24) is 0 Å². The van der Waals surface area contributed by atoms with E-state index in [1.165, 1.54) is 30.3 Å². The third-order valence-electron chi connectivity index (χ3n) is 2.27. The fraction of sp³-hybridized carbons (Fsp3) is 0. The van der Waals surface area contributed by atoms with Crippen molar-refractivity contribution in [2.75, 3.05) is 4.72 Å². The van der Waals surface area contributed by atoms with E-state index in [0.717, 1.165) is 11.3 Å². The van der Waals surface area contributed by atoms with Crippen molar-refractivity contribution in [2.24, 2.45) is 0 Å². The smallest absolute Gasteiger partial charge is 0.335 e. The lowest BCUT2D eigenvalue weighted by atomic mass is 10.2. The average Bonchev–Trinajstić information content (AvgIpc) is 2.79. The Morgan fingerprint density at radius 3 is 2.55 bits per heavy atom. The van der Waals surface area contributed by atoms with Crippen LogP contribution in [0.25, 0.3) is 0 Å². The van der Waals surface area contributed by atoms with E-state index < -0.39 is 16.0 Å². The minimum absolute atomic E-state index is 0.0184. The monoisotopic (exact) mass is 395 g/mol. The summed E-state index contributed by atoms with van der Waals surface area (Å²) in [4.78, 5) is 10.9. The van der Waals surface area contributed by atoms with Crippen LogP contribution in [0.5, 0.6) is 0 Å². The highest BCUT2D eigenvalue weighted by atomic mass is 79.9. The highest BCUT2D eigenvalue weighted by molar-refractivity contribution is 9.10. The van der Waals surface area contributed by atoms with Crippen LogP contribution in [0.2, 0.25) is 4.34 Å². The maximum Gasteiger partial charge on any atom is 0.335 e. The third-order valence-corrected chi connectivity index (χ3v) is 6.05. The normalized spacial score (nSPS) is 11.3. The average molecular weight is 397 g/mol. The van der Waals surface area contributed by atoms with Gasteiger partial charge >= 0.3 is 5.97 Å². The highest BCUT2D eigenvalue weighted by Crippen LogP contribution is 2.30. The van der Waals surface area contributed by atoms with Crippen LogP contribution in [0.15, 0.2) is 39.0 Å². The van der Waals surface area contributed by atoms with Crippen LogP contribution in [0.4, 0.5) is 5.69 Å². The SMILES string of the molecule is O=C(O)c1ccc(Br)c(NS(=O)(=O)c2ccc(Cl)s2)c1. The zero-order valence-electron chi connectivity index (χ0n) is 9.63. The second-order valence-corrected chi connectivity index (χ2v) is 8.14. The molecule has 5 nitrogen and oxygen atoms in total. The van der Waals surface area contributed by atoms with Gasteiger partial charge in [-0.05, 0) is 46.3 Å². The second-order valence-electron chi connectivity index (χ2n) is 3.66. The molecule has 0 bridgehead atoms. The molecule has 0 aliphatic heterocycles. The zero-order valence-corrected chi connectivity index (χ0v) is 13.6. The number of halogens is 2. The number of hydrogen-bond donors (Lipinski definition) is 2. The summed E-state index contributed by atoms with van der Waals surface area (Å²) in [5.74, 6) is -1.14. The number of rotatable bonds is 4. The number of thiophene rings is 1. The Bertz CT molecular complexity index is 772. The molecule has 1 aromatic heterocycles. The minimum atomic E-state index is -3.80. The van der Waals surface area contributed by atoms with Gasteiger partial charge in [-0.25, -0.2) is 13.2 Å². The first-order valence-corrected chi connectivity index (χ1v) is 8.57. The summed E-state index contributed by atoms with van der Waals surface area (Å²) >= 11 is 9.79. The maximum absolute atomic E-state index is 12.1. The molecule has 0 atom stereocenters. The van der Waals surface area contributed by atoms with Gasteiger partial charge in [-0.3, -0.25) is 4.72 Å². The number of hydrogen-bond acceptors (Lipinski definition) is 4. The van der Waals surface area contributed by atoms with Crippen molar-refractivity contribution in [3.63, 3.8) is 0 Å². The highest BCUT2D eigenvalue weighted by Gasteiger charge is 2.18. The van der Waals surface area contributed by atoms with Gasteiger partial charge in [-0.15, -0.1) is 11.3 Å². The summed E-state index contributed by atoms with van der Waals surface area (Å²) in [6.07, 6.45) is 0. The van der Waals surface area contributed by atoms with Crippen LogP contribution in [-0.2, 0) is 10.0 Å². The van der Waals surface area contributed by atoms with E-state index >= 15 is 0 Å². The molecule has 0 spiro atoms. The fourth-order valence-electron chi connectivity index (χ4n) is 1.37. The largest absolute Gasteiger partial charge is 0.478 e. The zero-order chi connectivity index (χ0) is 14.9. The lowest BCUT2D eigenvalue weighted by Gasteiger charge is -2.09. The van der Waals surface area contributed by atoms with Gasteiger partial charge in [-0.2, -0.15) is 0 Å². The second kappa shape index (κ2) is 5.72. The number of carboxylic acid groups (broad SMARTS) is 1. The van der Waals surface area contributed by atoms with Crippen molar-refractivity contribution in [3.05, 3.63) is 44.7 Å². The molecule has 2 aromatic rings. The molecule has 20 heavy (non-hydrogen) atoms. The van der Waals surface area contributed by atoms with Gasteiger partial charge in [0.25, 0.3) is 10.0 Å². The molecule has 0 radical (unpaired) electrons. The number of anilines is 1. The molecule has 0 aliphatic rings. The molecule has 0 saturated heterocycles. The lowest BCUT2D eigenvalue weighted by molar-refractivity contribution is 0.0697. The fourth-order valence-corrected chi connectivity index (χ4v) is 4.40. The first kappa shape index (κ1) is 15.3. The van der Waals surface area contributed by atoms with Crippen molar-refractivity contribution in [3.8, 4) is 0 Å². The Morgan fingerprint density at radius 1 is 1.30 bits per heavy atom. The number of sulfonamides is 1. The van der Waals surface area contributed by atoms with Crippen molar-refractivity contribution in [1.29, 1.82) is 0 Å². The van der Waals surface area contributed by atoms with Crippen LogP contribution in [0.1, 0.15) is 10.4 Å². The van der Waals surface area contributed by atoms with Crippen LogP contribution >= 0.6 is 38.9 Å². The molecule has 0 fully saturated rings. The Labute approximate surface area is 132 Å². The number of carbonyl (C=O) groups is 1. The van der Waals surface area contributed by atoms with Crippen LogP contribution in [0, 0.1) is 0 Å². The molecule has 2 N–H and O–H groups in total. The van der Waals surface area contributed by atoms with Crippen LogP contribution in [0.3, 0.4) is 0 Å². The summed E-state index contributed by atoms with van der Waals surface area (Å²) in [5, 5.41) is 8.91. The summed E-state index contributed by atoms with van der Waals surface area (Å²) in [7, 11) is -3.80. The maximum atomic E-state index is 12.1. The van der Waals surface area contributed by atoms with Gasteiger partial charge < -0.3 is 5.11 Å². The summed E-state index contributed by atoms with van der Waals surface area (Å²) in [6, 6.07) is 6.92. The van der Waals surface area contributed by atoms with E-state index in [1.807, 2.05) is 0 Å². The Hall–Kier alpha value is -1.09. The first-order chi connectivity index (χ1) is 9.29. The summed E-state index contributed by atoms with van der Waals surface area (Å²) < 4.78 is 27.4. The molecule has 1 aromatic carbocycles. The molecule has 2 rings (SSSR count). The van der Waals surface area contributed by atoms with Gasteiger partial charge in [-0.1, -0.05) is 11.6 Å². The molecular formula is C11H7BrClNO4S2. The summed E-state index contributed by atoms with van der Waals surface area (Å²) in [6.45, 7) is 0. The van der Waals surface area contributed by atoms with Crippen molar-refractivity contribution < 1.29 is 18.3 Å². The minimum Gasteiger partial charge on any atom is -0.478 e. The number of benzene rings is 1. The van der Waals surface area contributed by atoms with E-state index in [4.69, 9.17) is 16.7 Å². The van der Waals surface area contributed by atoms with E-state index in [0.29, 0.717) is 8.81 Å². The molecule has 1 heterocycles. The van der Waals surface area contributed by atoms with Crippen molar-refractivity contribution in [2.45, 2.75) is 4.21 Å². The molecule has 0 saturated carbocycles. The van der Waals surface area contributed by atoms with Gasteiger partial charge in [0.1, 0.15) is 4.21 Å². The van der Waals surface area contributed by atoms with Gasteiger partial charge in [0.15, 0.2) is 0 Å². The predicted molar refractivity (Wildman–Crippen MR) is 81.2 cm³/mol. The standard InChI is InChI=1S/C11H7BrClNO4S2/c12-7-2-1-6(11(15)16)5-8(7)14-20(17,18)10-4-3-9(13)19-10/h1-5,14H,(H,15,16). The number of nitrogens with one attached hydrogen (secondary N) is 1. The molecular weight excluding hydrogens is 390 g/mol. The molecule has 0 unspecified atom stereocenters. The topological polar surface area (TPSA) is 83.5 Å². The Balaban J connectivity index is 2.39. The van der Waals surface area contributed by atoms with Gasteiger partial charge in [0, 0.05) is 4.47 Å². The number of aromatic carboxylic acids is 1. The first-order valence-electron chi connectivity index (χ1n) is 5.10. The number of carboxylic acids is 1. The molecule has 9 heteroatoms. The quantitative estimate of drug-likeness (QED) is 0.826. The van der Waals surface area contributed by atoms with E-state index in [-0.39, 0.29) is 15.5 Å². The van der Waals surface area contributed by atoms with E-state index in [2.05, 4.69) is 20.7 Å². The third kappa shape index (κ3) is 3.32. The van der Waals surface area contributed by atoms with E-state index in [1.54, 1.807) is 0 Å². The molecule has 0 amide bonds. The Morgan fingerprint density at radius 2 is 2.00 bits per heavy atom. The van der Waals surface area contributed by atoms with Gasteiger partial charge in [0.05, 0.1) is 15.6 Å². The predicted octanol–water partition coefficient (Wildman–Crippen LogP) is 3.66. The lowest BCUT2D eigenvalue weighted by Crippen LogP contribution is -2.12. The van der Waals surface area contributed by atoms with Gasteiger partial charge in [0.2, 0.25) is 0 Å². The Kier molecular flexibility index (Phi) is 4.38. The molecule has 106 valence electrons.